The highest BCUT2D eigenvalue weighted by molar-refractivity contribution is 7.47. The van der Waals surface area contributed by atoms with Crippen LogP contribution in [0.15, 0.2) is 24.3 Å². The van der Waals surface area contributed by atoms with E-state index in [0.29, 0.717) is 0 Å². The van der Waals surface area contributed by atoms with E-state index in [4.69, 9.17) is 9.47 Å². The van der Waals surface area contributed by atoms with Crippen LogP contribution in [0.4, 0.5) is 0 Å². The number of rotatable bonds is 31. The molecule has 0 fully saturated rings. The number of benzene rings is 1. The Morgan fingerprint density at radius 3 is 1.60 bits per heavy atom. The van der Waals surface area contributed by atoms with Crippen LogP contribution in [0.1, 0.15) is 178 Å². The molecule has 3 heteroatoms. The van der Waals surface area contributed by atoms with E-state index >= 15 is 0 Å². The van der Waals surface area contributed by atoms with E-state index in [1.54, 1.807) is 5.30 Å². The zero-order valence-corrected chi connectivity index (χ0v) is 30.6. The Morgan fingerprint density at radius 1 is 0.558 bits per heavy atom. The Hall–Kier alpha value is -0.690. The summed E-state index contributed by atoms with van der Waals surface area (Å²) in [6, 6.07) is 4.64. The molecule has 0 saturated carbocycles. The van der Waals surface area contributed by atoms with Crippen LogP contribution in [0, 0.1) is 20.8 Å². The van der Waals surface area contributed by atoms with E-state index in [1.807, 2.05) is 0 Å². The van der Waals surface area contributed by atoms with Gasteiger partial charge in [0.05, 0.1) is 0 Å². The molecule has 0 spiro atoms. The van der Waals surface area contributed by atoms with E-state index in [-0.39, 0.29) is 6.29 Å². The predicted molar refractivity (Wildman–Crippen MR) is 196 cm³/mol. The van der Waals surface area contributed by atoms with Crippen molar-refractivity contribution < 1.29 is 9.47 Å². The summed E-state index contributed by atoms with van der Waals surface area (Å²) in [4.78, 5) is 0. The molecule has 2 nitrogen and oxygen atoms in total. The van der Waals surface area contributed by atoms with Crippen molar-refractivity contribution in [1.82, 2.24) is 0 Å². The summed E-state index contributed by atoms with van der Waals surface area (Å²) >= 11 is 0. The normalized spacial score (nSPS) is 12.1. The Bertz CT molecular complexity index is 752. The lowest BCUT2D eigenvalue weighted by atomic mass is 10.1. The lowest BCUT2D eigenvalue weighted by molar-refractivity contribution is -0.148. The fraction of sp³-hybridized carbons (Fsp3) is 0.800. The summed E-state index contributed by atoms with van der Waals surface area (Å²) < 4.78 is 12.5. The third-order valence-corrected chi connectivity index (χ3v) is 10.5. The van der Waals surface area contributed by atoms with Crippen LogP contribution in [-0.4, -0.2) is 25.7 Å². The van der Waals surface area contributed by atoms with Crippen LogP contribution in [0.2, 0.25) is 0 Å². The van der Waals surface area contributed by atoms with Crippen LogP contribution in [0.25, 0.3) is 0 Å². The Balaban J connectivity index is 2.16. The summed E-state index contributed by atoms with van der Waals surface area (Å²) in [5.74, 6) is 0. The minimum absolute atomic E-state index is 0.00596. The van der Waals surface area contributed by atoms with Crippen molar-refractivity contribution in [3.63, 3.8) is 0 Å². The quantitative estimate of drug-likeness (QED) is 0.0357. The highest BCUT2D eigenvalue weighted by Crippen LogP contribution is 2.20. The molecule has 1 unspecified atom stereocenters. The minimum Gasteiger partial charge on any atom is -0.353 e. The van der Waals surface area contributed by atoms with Gasteiger partial charge in [-0.25, -0.2) is 0 Å². The smallest absolute Gasteiger partial charge is 0.157 e. The van der Waals surface area contributed by atoms with E-state index in [9.17, 15) is 0 Å². The van der Waals surface area contributed by atoms with Crippen LogP contribution in [-0.2, 0) is 9.47 Å². The molecule has 0 heterocycles. The molecule has 1 atom stereocenters. The molecule has 43 heavy (non-hydrogen) atoms. The molecule has 0 amide bonds. The summed E-state index contributed by atoms with van der Waals surface area (Å²) in [5, 5.41) is 1.56. The second kappa shape index (κ2) is 30.0. The van der Waals surface area contributed by atoms with E-state index < -0.39 is 0 Å². The zero-order chi connectivity index (χ0) is 31.2. The van der Waals surface area contributed by atoms with Crippen molar-refractivity contribution in [3.05, 3.63) is 41.0 Å². The Morgan fingerprint density at radius 2 is 1.05 bits per heavy atom. The molecule has 0 aliphatic carbocycles. The Labute approximate surface area is 271 Å². The molecule has 1 rings (SSSR count). The SMILES string of the molecule is CCCCCCCCCCOC(CCCCCC=CCCCPc1ccc(C)c(C)c1C)OCCCCCCCCCC. The van der Waals surface area contributed by atoms with E-state index in [1.165, 1.54) is 164 Å². The van der Waals surface area contributed by atoms with Crippen LogP contribution >= 0.6 is 8.58 Å². The number of hydrogen-bond acceptors (Lipinski definition) is 2. The number of hydrogen-bond donors (Lipinski definition) is 0. The van der Waals surface area contributed by atoms with Gasteiger partial charge in [-0.2, -0.15) is 0 Å². The van der Waals surface area contributed by atoms with Crippen molar-refractivity contribution in [1.29, 1.82) is 0 Å². The van der Waals surface area contributed by atoms with E-state index in [2.05, 4.69) is 58.9 Å². The second-order valence-electron chi connectivity index (χ2n) is 13.0. The first kappa shape index (κ1) is 40.3. The van der Waals surface area contributed by atoms with Crippen molar-refractivity contribution in [3.8, 4) is 0 Å². The first-order valence-corrected chi connectivity index (χ1v) is 20.0. The van der Waals surface area contributed by atoms with Gasteiger partial charge >= 0.3 is 0 Å². The standard InChI is InChI=1S/C40H73O2P/c1-6-8-10-12-14-19-23-27-33-41-40(42-34-28-24-20-15-13-11-9-7-2)30-26-22-18-16-17-21-25-29-35-43-39-32-31-36(3)37(4)38(39)5/h17,21,31-32,40,43H,6-16,18-20,22-30,33-35H2,1-5H3. The van der Waals surface area contributed by atoms with Gasteiger partial charge in [0.2, 0.25) is 0 Å². The third-order valence-electron chi connectivity index (χ3n) is 9.00. The molecule has 0 aromatic heterocycles. The average Bonchev–Trinajstić information content (AvgIpc) is 3.01. The first-order valence-electron chi connectivity index (χ1n) is 18.8. The minimum atomic E-state index is 0.00596. The van der Waals surface area contributed by atoms with Gasteiger partial charge < -0.3 is 9.47 Å². The molecule has 1 aromatic carbocycles. The lowest BCUT2D eigenvalue weighted by Gasteiger charge is -2.19. The fourth-order valence-electron chi connectivity index (χ4n) is 5.69. The highest BCUT2D eigenvalue weighted by atomic mass is 31.1. The topological polar surface area (TPSA) is 18.5 Å². The average molecular weight is 617 g/mol. The molecule has 0 aliphatic rings. The predicted octanol–water partition coefficient (Wildman–Crippen LogP) is 12.8. The summed E-state index contributed by atoms with van der Waals surface area (Å²) in [5.41, 5.74) is 4.40. The van der Waals surface area contributed by atoms with Gasteiger partial charge in [0.1, 0.15) is 0 Å². The van der Waals surface area contributed by atoms with Gasteiger partial charge in [0.25, 0.3) is 0 Å². The molecule has 1 aromatic rings. The lowest BCUT2D eigenvalue weighted by Crippen LogP contribution is -2.19. The van der Waals surface area contributed by atoms with Crippen molar-refractivity contribution >= 4 is 13.9 Å². The summed E-state index contributed by atoms with van der Waals surface area (Å²) in [6.45, 7) is 13.1. The van der Waals surface area contributed by atoms with Crippen molar-refractivity contribution in [2.24, 2.45) is 0 Å². The van der Waals surface area contributed by atoms with Crippen LogP contribution in [0.3, 0.4) is 0 Å². The zero-order valence-electron chi connectivity index (χ0n) is 29.6. The molecule has 250 valence electrons. The number of ether oxygens (including phenoxy) is 2. The van der Waals surface area contributed by atoms with Gasteiger partial charge in [0, 0.05) is 13.2 Å². The largest absolute Gasteiger partial charge is 0.353 e. The third kappa shape index (κ3) is 23.3. The van der Waals surface area contributed by atoms with E-state index in [0.717, 1.165) is 28.2 Å². The number of aryl methyl sites for hydroxylation is 1. The maximum absolute atomic E-state index is 6.26. The van der Waals surface area contributed by atoms with Gasteiger partial charge in [-0.3, -0.25) is 0 Å². The summed E-state index contributed by atoms with van der Waals surface area (Å²) in [6.07, 6.45) is 36.2. The van der Waals surface area contributed by atoms with Crippen LogP contribution < -0.4 is 5.30 Å². The molecule has 0 N–H and O–H groups in total. The molecule has 0 aliphatic heterocycles. The number of allylic oxidation sites excluding steroid dienone is 2. The van der Waals surface area contributed by atoms with Crippen LogP contribution in [0.5, 0.6) is 0 Å². The summed E-state index contributed by atoms with van der Waals surface area (Å²) in [7, 11) is 0.945. The molecular weight excluding hydrogens is 543 g/mol. The first-order chi connectivity index (χ1) is 21.1. The molecule has 0 saturated heterocycles. The van der Waals surface area contributed by atoms with Gasteiger partial charge in [0.15, 0.2) is 6.29 Å². The maximum Gasteiger partial charge on any atom is 0.157 e. The fourth-order valence-corrected chi connectivity index (χ4v) is 7.00. The monoisotopic (exact) mass is 617 g/mol. The molecule has 0 radical (unpaired) electrons. The van der Waals surface area contributed by atoms with Crippen molar-refractivity contribution in [2.45, 2.75) is 189 Å². The highest BCUT2D eigenvalue weighted by Gasteiger charge is 2.09. The van der Waals surface area contributed by atoms with Gasteiger partial charge in [-0.1, -0.05) is 143 Å². The van der Waals surface area contributed by atoms with Gasteiger partial charge in [-0.05, 0) is 100 Å². The maximum atomic E-state index is 6.26. The second-order valence-corrected chi connectivity index (χ2v) is 14.4. The molecular formula is C40H73O2P. The number of unbranched alkanes of at least 4 members (excludes halogenated alkanes) is 18. The van der Waals surface area contributed by atoms with Gasteiger partial charge in [-0.15, -0.1) is 0 Å². The Kier molecular flexibility index (Phi) is 28.1. The van der Waals surface area contributed by atoms with Crippen molar-refractivity contribution in [2.75, 3.05) is 19.4 Å². The molecule has 0 bridgehead atoms.